The van der Waals surface area contributed by atoms with E-state index >= 15 is 0 Å². The molecule has 1 aliphatic heterocycles. The lowest BCUT2D eigenvalue weighted by atomic mass is 10.0. The van der Waals surface area contributed by atoms with Gasteiger partial charge in [0.25, 0.3) is 0 Å². The second kappa shape index (κ2) is 2.95. The molecular formula is C11H9IO2. The highest BCUT2D eigenvalue weighted by Crippen LogP contribution is 2.46. The summed E-state index contributed by atoms with van der Waals surface area (Å²) in [6, 6.07) is 6.23. The Hall–Kier alpha value is -0.580. The van der Waals surface area contributed by atoms with E-state index in [4.69, 9.17) is 4.74 Å². The molecule has 0 radical (unpaired) electrons. The van der Waals surface area contributed by atoms with E-state index in [2.05, 4.69) is 34.7 Å². The summed E-state index contributed by atoms with van der Waals surface area (Å²) in [5, 5.41) is 0. The van der Waals surface area contributed by atoms with Crippen LogP contribution in [0.2, 0.25) is 0 Å². The molecule has 0 saturated carbocycles. The van der Waals surface area contributed by atoms with Crippen LogP contribution in [0.5, 0.6) is 0 Å². The first-order chi connectivity index (χ1) is 6.75. The second-order valence-electron chi connectivity index (χ2n) is 3.89. The lowest BCUT2D eigenvalue weighted by Gasteiger charge is -2.08. The van der Waals surface area contributed by atoms with Crippen molar-refractivity contribution in [1.82, 2.24) is 0 Å². The zero-order chi connectivity index (χ0) is 9.71. The Kier molecular flexibility index (Phi) is 1.84. The highest BCUT2D eigenvalue weighted by Gasteiger charge is 2.42. The van der Waals surface area contributed by atoms with Crippen molar-refractivity contribution in [3.8, 4) is 0 Å². The van der Waals surface area contributed by atoms with E-state index in [0.717, 1.165) is 6.42 Å². The molecule has 0 unspecified atom stereocenters. The van der Waals surface area contributed by atoms with Gasteiger partial charge in [-0.15, -0.1) is 0 Å². The first-order valence-corrected chi connectivity index (χ1v) is 5.80. The van der Waals surface area contributed by atoms with Crippen LogP contribution in [0.1, 0.15) is 23.7 Å². The molecule has 3 heteroatoms. The van der Waals surface area contributed by atoms with Crippen LogP contribution in [0.25, 0.3) is 0 Å². The zero-order valence-electron chi connectivity index (χ0n) is 7.50. The molecule has 0 bridgehead atoms. The molecule has 14 heavy (non-hydrogen) atoms. The molecule has 1 fully saturated rings. The van der Waals surface area contributed by atoms with Crippen molar-refractivity contribution in [2.24, 2.45) is 5.92 Å². The molecule has 1 aromatic carbocycles. The van der Waals surface area contributed by atoms with E-state index in [1.54, 1.807) is 0 Å². The minimum Gasteiger partial charge on any atom is -0.457 e. The van der Waals surface area contributed by atoms with Crippen LogP contribution in [0.3, 0.4) is 0 Å². The molecule has 2 aliphatic rings. The number of esters is 1. The van der Waals surface area contributed by atoms with E-state index in [0.29, 0.717) is 12.3 Å². The maximum atomic E-state index is 11.1. The lowest BCUT2D eigenvalue weighted by molar-refractivity contribution is -0.141. The monoisotopic (exact) mass is 300 g/mol. The highest BCUT2D eigenvalue weighted by molar-refractivity contribution is 14.1. The Morgan fingerprint density at radius 3 is 3.07 bits per heavy atom. The van der Waals surface area contributed by atoms with Crippen molar-refractivity contribution in [3.05, 3.63) is 32.9 Å². The number of halogens is 1. The molecule has 0 aromatic heterocycles. The van der Waals surface area contributed by atoms with E-state index in [1.165, 1.54) is 14.7 Å². The van der Waals surface area contributed by atoms with E-state index in [1.807, 2.05) is 6.07 Å². The average molecular weight is 300 g/mol. The zero-order valence-corrected chi connectivity index (χ0v) is 9.65. The Labute approximate surface area is 95.8 Å². The number of carbonyl (C=O) groups is 1. The summed E-state index contributed by atoms with van der Waals surface area (Å²) >= 11 is 2.35. The molecule has 0 amide bonds. The molecule has 0 spiro atoms. The molecule has 2 atom stereocenters. The van der Waals surface area contributed by atoms with Gasteiger partial charge in [-0.3, -0.25) is 4.79 Å². The average Bonchev–Trinajstić information content (AvgIpc) is 2.63. The summed E-state index contributed by atoms with van der Waals surface area (Å²) < 4.78 is 6.62. The van der Waals surface area contributed by atoms with Crippen molar-refractivity contribution in [2.75, 3.05) is 0 Å². The number of carbonyl (C=O) groups excluding carboxylic acids is 1. The van der Waals surface area contributed by atoms with Crippen LogP contribution in [0, 0.1) is 9.49 Å². The second-order valence-corrected chi connectivity index (χ2v) is 5.05. The molecular weight excluding hydrogens is 291 g/mol. The van der Waals surface area contributed by atoms with Gasteiger partial charge in [0.1, 0.15) is 6.10 Å². The van der Waals surface area contributed by atoms with Gasteiger partial charge in [0.15, 0.2) is 0 Å². The number of benzene rings is 1. The van der Waals surface area contributed by atoms with Gasteiger partial charge >= 0.3 is 5.97 Å². The topological polar surface area (TPSA) is 26.3 Å². The Morgan fingerprint density at radius 1 is 1.36 bits per heavy atom. The molecule has 1 saturated heterocycles. The minimum absolute atomic E-state index is 0.0375. The van der Waals surface area contributed by atoms with Gasteiger partial charge in [0.2, 0.25) is 0 Å². The Morgan fingerprint density at radius 2 is 2.21 bits per heavy atom. The largest absolute Gasteiger partial charge is 0.457 e. The first kappa shape index (κ1) is 8.71. The third-order valence-corrected chi connectivity index (χ3v) is 4.05. The predicted molar refractivity (Wildman–Crippen MR) is 59.8 cm³/mol. The fraction of sp³-hybridized carbons (Fsp3) is 0.364. The molecule has 3 rings (SSSR count). The molecule has 1 aliphatic carbocycles. The fourth-order valence-corrected chi connectivity index (χ4v) is 3.16. The van der Waals surface area contributed by atoms with Gasteiger partial charge in [-0.25, -0.2) is 0 Å². The van der Waals surface area contributed by atoms with Crippen molar-refractivity contribution in [1.29, 1.82) is 0 Å². The summed E-state index contributed by atoms with van der Waals surface area (Å²) in [4.78, 5) is 11.1. The molecule has 1 aromatic rings. The fourth-order valence-electron chi connectivity index (χ4n) is 2.42. The Bertz CT molecular complexity index is 414. The van der Waals surface area contributed by atoms with Crippen molar-refractivity contribution in [3.63, 3.8) is 0 Å². The lowest BCUT2D eigenvalue weighted by Crippen LogP contribution is -1.99. The van der Waals surface area contributed by atoms with Crippen molar-refractivity contribution in [2.45, 2.75) is 18.9 Å². The summed E-state index contributed by atoms with van der Waals surface area (Å²) in [5.74, 6) is 0.359. The van der Waals surface area contributed by atoms with Crippen molar-refractivity contribution < 1.29 is 9.53 Å². The Balaban J connectivity index is 2.09. The number of hydrogen-bond donors (Lipinski definition) is 0. The van der Waals surface area contributed by atoms with Gasteiger partial charge in [-0.1, -0.05) is 12.1 Å². The van der Waals surface area contributed by atoms with Crippen molar-refractivity contribution >= 4 is 28.6 Å². The quantitative estimate of drug-likeness (QED) is 0.543. The predicted octanol–water partition coefficient (Wildman–Crippen LogP) is 2.45. The standard InChI is InChI=1S/C11H9IO2/c12-9-3-1-2-7-8(9)4-6-5-10(13)14-11(6)7/h1-3,6,11H,4-5H2/t6-,11+/m1/s1. The number of ether oxygens (including phenoxy) is 1. The number of hydrogen-bond acceptors (Lipinski definition) is 2. The summed E-state index contributed by atoms with van der Waals surface area (Å²) in [6.07, 6.45) is 1.65. The van der Waals surface area contributed by atoms with E-state index < -0.39 is 0 Å². The first-order valence-electron chi connectivity index (χ1n) is 4.72. The minimum atomic E-state index is -0.0375. The smallest absolute Gasteiger partial charge is 0.306 e. The van der Waals surface area contributed by atoms with Crippen LogP contribution in [0.15, 0.2) is 18.2 Å². The van der Waals surface area contributed by atoms with Gasteiger partial charge in [-0.2, -0.15) is 0 Å². The van der Waals surface area contributed by atoms with Crippen LogP contribution in [-0.4, -0.2) is 5.97 Å². The summed E-state index contributed by atoms with van der Waals surface area (Å²) in [7, 11) is 0. The van der Waals surface area contributed by atoms with Gasteiger partial charge in [-0.05, 0) is 46.2 Å². The van der Waals surface area contributed by atoms with Crippen LogP contribution < -0.4 is 0 Å². The van der Waals surface area contributed by atoms with Gasteiger partial charge in [0, 0.05) is 9.49 Å². The highest BCUT2D eigenvalue weighted by atomic mass is 127. The normalized spacial score (nSPS) is 28.5. The maximum absolute atomic E-state index is 11.1. The SMILES string of the molecule is O=C1C[C@H]2Cc3c(I)cccc3[C@H]2O1. The van der Waals surface area contributed by atoms with Crippen LogP contribution in [0.4, 0.5) is 0 Å². The summed E-state index contributed by atoms with van der Waals surface area (Å²) in [5.41, 5.74) is 2.61. The van der Waals surface area contributed by atoms with Crippen LogP contribution in [-0.2, 0) is 16.0 Å². The summed E-state index contributed by atoms with van der Waals surface area (Å²) in [6.45, 7) is 0. The van der Waals surface area contributed by atoms with E-state index in [-0.39, 0.29) is 12.1 Å². The van der Waals surface area contributed by atoms with Gasteiger partial charge in [0.05, 0.1) is 6.42 Å². The number of fused-ring (bicyclic) bond motifs is 3. The van der Waals surface area contributed by atoms with Crippen LogP contribution >= 0.6 is 22.6 Å². The molecule has 72 valence electrons. The van der Waals surface area contributed by atoms with Gasteiger partial charge < -0.3 is 4.74 Å². The maximum Gasteiger partial charge on any atom is 0.306 e. The third-order valence-electron chi connectivity index (χ3n) is 3.04. The molecule has 1 heterocycles. The van der Waals surface area contributed by atoms with E-state index in [9.17, 15) is 4.79 Å². The molecule has 2 nitrogen and oxygen atoms in total. The third kappa shape index (κ3) is 1.11. The number of rotatable bonds is 0. The molecule has 0 N–H and O–H groups in total.